The summed E-state index contributed by atoms with van der Waals surface area (Å²) in [6.07, 6.45) is 4.17. The highest BCUT2D eigenvalue weighted by molar-refractivity contribution is 8.00. The summed E-state index contributed by atoms with van der Waals surface area (Å²) in [6.45, 7) is 0. The predicted octanol–water partition coefficient (Wildman–Crippen LogP) is 3.09. The fraction of sp³-hybridized carbons (Fsp3) is 0.538. The molecule has 0 heterocycles. The van der Waals surface area contributed by atoms with E-state index in [0.29, 0.717) is 5.25 Å². The molecular weight excluding hydrogens is 220 g/mol. The molecule has 88 valence electrons. The monoisotopic (exact) mass is 238 g/mol. The number of rotatable bonds is 3. The molecule has 1 aliphatic carbocycles. The lowest BCUT2D eigenvalue weighted by atomic mass is 9.97. The first-order chi connectivity index (χ1) is 7.78. The Balaban J connectivity index is 1.92. The minimum absolute atomic E-state index is 0.0931. The van der Waals surface area contributed by atoms with E-state index >= 15 is 0 Å². The van der Waals surface area contributed by atoms with Crippen LogP contribution >= 0.6 is 11.8 Å². The van der Waals surface area contributed by atoms with Crippen LogP contribution in [0.4, 0.5) is 0 Å². The van der Waals surface area contributed by atoms with Crippen LogP contribution in [0.15, 0.2) is 29.2 Å². The fourth-order valence-electron chi connectivity index (χ4n) is 2.07. The number of aliphatic hydroxyl groups is 1. The SMILES string of the molecule is COc1ccc(SC2CCCC(O)C2)cc1. The van der Waals surface area contributed by atoms with E-state index in [0.717, 1.165) is 25.0 Å². The lowest BCUT2D eigenvalue weighted by molar-refractivity contribution is 0.133. The molecule has 1 aromatic rings. The van der Waals surface area contributed by atoms with Crippen LogP contribution in [-0.4, -0.2) is 23.6 Å². The Morgan fingerprint density at radius 1 is 1.25 bits per heavy atom. The molecule has 1 aromatic carbocycles. The Morgan fingerprint density at radius 3 is 2.62 bits per heavy atom. The maximum Gasteiger partial charge on any atom is 0.118 e. The number of thioether (sulfide) groups is 1. The topological polar surface area (TPSA) is 29.5 Å². The van der Waals surface area contributed by atoms with Crippen molar-refractivity contribution in [3.8, 4) is 5.75 Å². The van der Waals surface area contributed by atoms with E-state index in [9.17, 15) is 5.11 Å². The molecule has 1 aliphatic rings. The molecule has 2 unspecified atom stereocenters. The third-order valence-electron chi connectivity index (χ3n) is 2.96. The van der Waals surface area contributed by atoms with Gasteiger partial charge in [-0.2, -0.15) is 0 Å². The maximum atomic E-state index is 9.61. The second-order valence-corrected chi connectivity index (χ2v) is 5.61. The van der Waals surface area contributed by atoms with Gasteiger partial charge in [-0.15, -0.1) is 11.8 Å². The van der Waals surface area contributed by atoms with Gasteiger partial charge in [0.1, 0.15) is 5.75 Å². The summed E-state index contributed by atoms with van der Waals surface area (Å²) in [7, 11) is 1.68. The highest BCUT2D eigenvalue weighted by Crippen LogP contribution is 2.34. The summed E-state index contributed by atoms with van der Waals surface area (Å²) in [4.78, 5) is 1.26. The first kappa shape index (κ1) is 11.8. The smallest absolute Gasteiger partial charge is 0.118 e. The fourth-order valence-corrected chi connectivity index (χ4v) is 3.36. The van der Waals surface area contributed by atoms with E-state index in [1.165, 1.54) is 11.3 Å². The quantitative estimate of drug-likeness (QED) is 0.877. The summed E-state index contributed by atoms with van der Waals surface area (Å²) >= 11 is 1.87. The summed E-state index contributed by atoms with van der Waals surface area (Å²) in [5, 5.41) is 10.2. The molecule has 2 rings (SSSR count). The zero-order valence-corrected chi connectivity index (χ0v) is 10.4. The highest BCUT2D eigenvalue weighted by atomic mass is 32.2. The third-order valence-corrected chi connectivity index (χ3v) is 4.27. The molecule has 1 saturated carbocycles. The van der Waals surface area contributed by atoms with Crippen molar-refractivity contribution in [3.63, 3.8) is 0 Å². The molecule has 0 radical (unpaired) electrons. The minimum Gasteiger partial charge on any atom is -0.497 e. The molecule has 0 aromatic heterocycles. The summed E-state index contributed by atoms with van der Waals surface area (Å²) < 4.78 is 5.13. The van der Waals surface area contributed by atoms with Crippen molar-refractivity contribution in [1.82, 2.24) is 0 Å². The number of methoxy groups -OCH3 is 1. The van der Waals surface area contributed by atoms with Gasteiger partial charge >= 0.3 is 0 Å². The molecule has 3 heteroatoms. The van der Waals surface area contributed by atoms with Crippen LogP contribution in [0.5, 0.6) is 5.75 Å². The van der Waals surface area contributed by atoms with Gasteiger partial charge in [-0.05, 0) is 49.9 Å². The van der Waals surface area contributed by atoms with Gasteiger partial charge in [0.15, 0.2) is 0 Å². The average Bonchev–Trinajstić information content (AvgIpc) is 2.30. The van der Waals surface area contributed by atoms with Gasteiger partial charge in [0, 0.05) is 10.1 Å². The second-order valence-electron chi connectivity index (χ2n) is 4.24. The zero-order valence-electron chi connectivity index (χ0n) is 9.56. The van der Waals surface area contributed by atoms with Crippen molar-refractivity contribution in [2.75, 3.05) is 7.11 Å². The summed E-state index contributed by atoms with van der Waals surface area (Å²) in [5.41, 5.74) is 0. The summed E-state index contributed by atoms with van der Waals surface area (Å²) in [6, 6.07) is 8.15. The molecule has 16 heavy (non-hydrogen) atoms. The van der Waals surface area contributed by atoms with Gasteiger partial charge < -0.3 is 9.84 Å². The van der Waals surface area contributed by atoms with Crippen LogP contribution < -0.4 is 4.74 Å². The van der Waals surface area contributed by atoms with Crippen molar-refractivity contribution in [2.45, 2.75) is 41.9 Å². The van der Waals surface area contributed by atoms with E-state index in [2.05, 4.69) is 12.1 Å². The molecule has 1 N–H and O–H groups in total. The summed E-state index contributed by atoms with van der Waals surface area (Å²) in [5.74, 6) is 0.896. The third kappa shape index (κ3) is 3.16. The van der Waals surface area contributed by atoms with Crippen molar-refractivity contribution in [3.05, 3.63) is 24.3 Å². The van der Waals surface area contributed by atoms with E-state index < -0.39 is 0 Å². The Morgan fingerprint density at radius 2 is 2.00 bits per heavy atom. The number of ether oxygens (including phenoxy) is 1. The van der Waals surface area contributed by atoms with Gasteiger partial charge in [-0.3, -0.25) is 0 Å². The van der Waals surface area contributed by atoms with E-state index in [-0.39, 0.29) is 6.10 Å². The van der Waals surface area contributed by atoms with Crippen molar-refractivity contribution < 1.29 is 9.84 Å². The Hall–Kier alpha value is -0.670. The zero-order chi connectivity index (χ0) is 11.4. The Bertz CT molecular complexity index is 323. The van der Waals surface area contributed by atoms with Gasteiger partial charge in [0.25, 0.3) is 0 Å². The number of hydrogen-bond acceptors (Lipinski definition) is 3. The maximum absolute atomic E-state index is 9.61. The molecule has 2 atom stereocenters. The van der Waals surface area contributed by atoms with Gasteiger partial charge in [-0.1, -0.05) is 0 Å². The molecule has 0 saturated heterocycles. The van der Waals surface area contributed by atoms with Crippen LogP contribution in [0.25, 0.3) is 0 Å². The Kier molecular flexibility index (Phi) is 4.13. The van der Waals surface area contributed by atoms with Crippen LogP contribution in [0.1, 0.15) is 25.7 Å². The number of benzene rings is 1. The highest BCUT2D eigenvalue weighted by Gasteiger charge is 2.20. The molecule has 1 fully saturated rings. The molecule has 0 bridgehead atoms. The Labute approximate surface area is 101 Å². The lowest BCUT2D eigenvalue weighted by Crippen LogP contribution is -2.20. The van der Waals surface area contributed by atoms with E-state index in [1.807, 2.05) is 23.9 Å². The van der Waals surface area contributed by atoms with Crippen molar-refractivity contribution >= 4 is 11.8 Å². The molecular formula is C13H18O2S. The average molecular weight is 238 g/mol. The molecule has 0 amide bonds. The van der Waals surface area contributed by atoms with Crippen LogP contribution in [0.3, 0.4) is 0 Å². The molecule has 0 spiro atoms. The number of hydrogen-bond donors (Lipinski definition) is 1. The van der Waals surface area contributed by atoms with Crippen LogP contribution in [0, 0.1) is 0 Å². The van der Waals surface area contributed by atoms with Crippen molar-refractivity contribution in [2.24, 2.45) is 0 Å². The van der Waals surface area contributed by atoms with Crippen LogP contribution in [0.2, 0.25) is 0 Å². The van der Waals surface area contributed by atoms with Gasteiger partial charge in [0.2, 0.25) is 0 Å². The molecule has 2 nitrogen and oxygen atoms in total. The largest absolute Gasteiger partial charge is 0.497 e. The van der Waals surface area contributed by atoms with Gasteiger partial charge in [-0.25, -0.2) is 0 Å². The predicted molar refractivity (Wildman–Crippen MR) is 67.1 cm³/mol. The van der Waals surface area contributed by atoms with Crippen LogP contribution in [-0.2, 0) is 0 Å². The lowest BCUT2D eigenvalue weighted by Gasteiger charge is -2.25. The van der Waals surface area contributed by atoms with Crippen molar-refractivity contribution in [1.29, 1.82) is 0 Å². The van der Waals surface area contributed by atoms with Gasteiger partial charge in [0.05, 0.1) is 13.2 Å². The number of aliphatic hydroxyl groups excluding tert-OH is 1. The molecule has 0 aliphatic heterocycles. The first-order valence-corrected chi connectivity index (χ1v) is 6.64. The second kappa shape index (κ2) is 5.60. The first-order valence-electron chi connectivity index (χ1n) is 5.76. The van der Waals surface area contributed by atoms with E-state index in [4.69, 9.17) is 4.74 Å². The van der Waals surface area contributed by atoms with E-state index in [1.54, 1.807) is 7.11 Å². The minimum atomic E-state index is -0.0931. The standard InChI is InChI=1S/C13H18O2S/c1-15-11-5-7-12(8-6-11)16-13-4-2-3-10(14)9-13/h5-8,10,13-14H,2-4,9H2,1H3. The normalized spacial score (nSPS) is 25.4.